The van der Waals surface area contributed by atoms with Crippen LogP contribution < -0.4 is 10.1 Å². The summed E-state index contributed by atoms with van der Waals surface area (Å²) in [6, 6.07) is 5.43. The second-order valence-corrected chi connectivity index (χ2v) is 3.29. The average Bonchev–Trinajstić information content (AvgIpc) is 2.12. The number of aliphatic hydroxyl groups is 1. The molecule has 0 aromatic heterocycles. The number of rotatable bonds is 4. The third-order valence-corrected chi connectivity index (χ3v) is 1.73. The Bertz CT molecular complexity index is 350. The van der Waals surface area contributed by atoms with Gasteiger partial charge in [-0.05, 0) is 24.6 Å². The summed E-state index contributed by atoms with van der Waals surface area (Å²) in [5.41, 5.74) is 1.70. The van der Waals surface area contributed by atoms with Gasteiger partial charge in [0.1, 0.15) is 12.4 Å². The van der Waals surface area contributed by atoms with Crippen molar-refractivity contribution in [2.75, 3.05) is 18.5 Å². The van der Waals surface area contributed by atoms with Crippen LogP contribution in [-0.2, 0) is 4.79 Å². The van der Waals surface area contributed by atoms with E-state index in [0.29, 0.717) is 11.4 Å². The lowest BCUT2D eigenvalue weighted by atomic mass is 10.2. The molecule has 0 spiro atoms. The number of hydrogen-bond donors (Lipinski definition) is 2. The molecule has 0 fully saturated rings. The van der Waals surface area contributed by atoms with Crippen molar-refractivity contribution < 1.29 is 14.6 Å². The molecule has 15 heavy (non-hydrogen) atoms. The minimum atomic E-state index is -0.117. The van der Waals surface area contributed by atoms with Crippen molar-refractivity contribution in [1.29, 1.82) is 0 Å². The molecule has 4 nitrogen and oxygen atoms in total. The van der Waals surface area contributed by atoms with Gasteiger partial charge in [0.05, 0.1) is 6.61 Å². The first-order chi connectivity index (χ1) is 7.11. The van der Waals surface area contributed by atoms with Gasteiger partial charge in [0.25, 0.3) is 0 Å². The second kappa shape index (κ2) is 5.36. The summed E-state index contributed by atoms with van der Waals surface area (Å²) in [4.78, 5) is 10.9. The average molecular weight is 209 g/mol. The maximum atomic E-state index is 10.9. The Morgan fingerprint density at radius 3 is 2.80 bits per heavy atom. The van der Waals surface area contributed by atoms with Crippen molar-refractivity contribution in [1.82, 2.24) is 0 Å². The van der Waals surface area contributed by atoms with Crippen molar-refractivity contribution in [3.63, 3.8) is 0 Å². The molecule has 82 valence electrons. The minimum Gasteiger partial charge on any atom is -0.491 e. The summed E-state index contributed by atoms with van der Waals surface area (Å²) in [6.07, 6.45) is 0. The molecule has 1 aromatic carbocycles. The fourth-order valence-electron chi connectivity index (χ4n) is 1.27. The molecule has 1 amide bonds. The van der Waals surface area contributed by atoms with Gasteiger partial charge in [-0.15, -0.1) is 0 Å². The summed E-state index contributed by atoms with van der Waals surface area (Å²) < 4.78 is 5.26. The predicted octanol–water partition coefficient (Wildman–Crippen LogP) is 1.32. The van der Waals surface area contributed by atoms with E-state index in [2.05, 4.69) is 5.32 Å². The van der Waals surface area contributed by atoms with Crippen LogP contribution in [-0.4, -0.2) is 24.2 Å². The number of ether oxygens (including phenoxy) is 1. The third kappa shape index (κ3) is 3.99. The van der Waals surface area contributed by atoms with Gasteiger partial charge in [-0.3, -0.25) is 4.79 Å². The molecule has 0 unspecified atom stereocenters. The number of amides is 1. The number of benzene rings is 1. The van der Waals surface area contributed by atoms with E-state index in [1.165, 1.54) is 6.92 Å². The Morgan fingerprint density at radius 2 is 2.20 bits per heavy atom. The third-order valence-electron chi connectivity index (χ3n) is 1.73. The number of carbonyl (C=O) groups is 1. The van der Waals surface area contributed by atoms with E-state index in [1.54, 1.807) is 6.07 Å². The summed E-state index contributed by atoms with van der Waals surface area (Å²) in [7, 11) is 0. The summed E-state index contributed by atoms with van der Waals surface area (Å²) in [5.74, 6) is 0.529. The van der Waals surface area contributed by atoms with Gasteiger partial charge in [0, 0.05) is 18.7 Å². The molecule has 2 N–H and O–H groups in total. The Hall–Kier alpha value is -1.55. The van der Waals surface area contributed by atoms with Crippen molar-refractivity contribution in [3.8, 4) is 5.75 Å². The number of carbonyl (C=O) groups excluding carboxylic acids is 1. The largest absolute Gasteiger partial charge is 0.491 e. The van der Waals surface area contributed by atoms with Crippen molar-refractivity contribution >= 4 is 11.6 Å². The fraction of sp³-hybridized carbons (Fsp3) is 0.364. The number of nitrogens with one attached hydrogen (secondary N) is 1. The van der Waals surface area contributed by atoms with Gasteiger partial charge >= 0.3 is 0 Å². The van der Waals surface area contributed by atoms with Crippen LogP contribution in [0.5, 0.6) is 5.75 Å². The molecule has 0 atom stereocenters. The predicted molar refractivity (Wildman–Crippen MR) is 58.1 cm³/mol. The quantitative estimate of drug-likeness (QED) is 0.786. The lowest BCUT2D eigenvalue weighted by Gasteiger charge is -2.08. The first kappa shape index (κ1) is 11.5. The van der Waals surface area contributed by atoms with E-state index < -0.39 is 0 Å². The monoisotopic (exact) mass is 209 g/mol. The molecule has 0 bridgehead atoms. The lowest BCUT2D eigenvalue weighted by Crippen LogP contribution is -2.07. The SMILES string of the molecule is CC(=O)Nc1cc(C)cc(OCCO)c1. The van der Waals surface area contributed by atoms with Gasteiger partial charge in [-0.1, -0.05) is 0 Å². The molecule has 4 heteroatoms. The van der Waals surface area contributed by atoms with E-state index in [4.69, 9.17) is 9.84 Å². The van der Waals surface area contributed by atoms with E-state index in [1.807, 2.05) is 19.1 Å². The van der Waals surface area contributed by atoms with Crippen LogP contribution in [0.4, 0.5) is 5.69 Å². The maximum absolute atomic E-state index is 10.9. The van der Waals surface area contributed by atoms with Crippen LogP contribution in [0, 0.1) is 6.92 Å². The highest BCUT2D eigenvalue weighted by Gasteiger charge is 2.00. The first-order valence-electron chi connectivity index (χ1n) is 4.75. The molecule has 0 aliphatic rings. The van der Waals surface area contributed by atoms with E-state index >= 15 is 0 Å². The summed E-state index contributed by atoms with van der Waals surface area (Å²) in [6.45, 7) is 3.60. The van der Waals surface area contributed by atoms with Crippen LogP contribution in [0.2, 0.25) is 0 Å². The van der Waals surface area contributed by atoms with E-state index in [-0.39, 0.29) is 19.1 Å². The first-order valence-corrected chi connectivity index (χ1v) is 4.75. The zero-order valence-corrected chi connectivity index (χ0v) is 8.91. The lowest BCUT2D eigenvalue weighted by molar-refractivity contribution is -0.114. The summed E-state index contributed by atoms with van der Waals surface area (Å²) in [5, 5.41) is 11.3. The van der Waals surface area contributed by atoms with Crippen LogP contribution in [0.3, 0.4) is 0 Å². The highest BCUT2D eigenvalue weighted by Crippen LogP contribution is 2.20. The molecule has 1 rings (SSSR count). The Kier molecular flexibility index (Phi) is 4.12. The van der Waals surface area contributed by atoms with Crippen LogP contribution in [0.1, 0.15) is 12.5 Å². The van der Waals surface area contributed by atoms with Crippen LogP contribution in [0.25, 0.3) is 0 Å². The summed E-state index contributed by atoms with van der Waals surface area (Å²) >= 11 is 0. The molecule has 0 aliphatic carbocycles. The minimum absolute atomic E-state index is 0.0244. The molecule has 1 aromatic rings. The van der Waals surface area contributed by atoms with E-state index in [0.717, 1.165) is 5.56 Å². The standard InChI is InChI=1S/C11H15NO3/c1-8-5-10(12-9(2)14)7-11(6-8)15-4-3-13/h5-7,13H,3-4H2,1-2H3,(H,12,14). The van der Waals surface area contributed by atoms with Crippen LogP contribution in [0.15, 0.2) is 18.2 Å². The topological polar surface area (TPSA) is 58.6 Å². The second-order valence-electron chi connectivity index (χ2n) is 3.29. The van der Waals surface area contributed by atoms with Gasteiger partial charge in [-0.2, -0.15) is 0 Å². The Balaban J connectivity index is 2.79. The van der Waals surface area contributed by atoms with Gasteiger partial charge < -0.3 is 15.2 Å². The van der Waals surface area contributed by atoms with Crippen LogP contribution >= 0.6 is 0 Å². The van der Waals surface area contributed by atoms with E-state index in [9.17, 15) is 4.79 Å². The highest BCUT2D eigenvalue weighted by atomic mass is 16.5. The van der Waals surface area contributed by atoms with Crippen molar-refractivity contribution in [3.05, 3.63) is 23.8 Å². The smallest absolute Gasteiger partial charge is 0.221 e. The van der Waals surface area contributed by atoms with Gasteiger partial charge in [0.15, 0.2) is 0 Å². The number of hydrogen-bond acceptors (Lipinski definition) is 3. The van der Waals surface area contributed by atoms with Crippen molar-refractivity contribution in [2.24, 2.45) is 0 Å². The molecular formula is C11H15NO3. The molecule has 0 saturated heterocycles. The zero-order chi connectivity index (χ0) is 11.3. The zero-order valence-electron chi connectivity index (χ0n) is 8.91. The normalized spacial score (nSPS) is 9.80. The Labute approximate surface area is 88.9 Å². The van der Waals surface area contributed by atoms with Gasteiger partial charge in [0.2, 0.25) is 5.91 Å². The fourth-order valence-corrected chi connectivity index (χ4v) is 1.27. The maximum Gasteiger partial charge on any atom is 0.221 e. The molecule has 0 heterocycles. The molecule has 0 radical (unpaired) electrons. The number of aryl methyl sites for hydroxylation is 1. The molecule has 0 aliphatic heterocycles. The number of aliphatic hydroxyl groups excluding tert-OH is 1. The Morgan fingerprint density at radius 1 is 1.47 bits per heavy atom. The number of anilines is 1. The highest BCUT2D eigenvalue weighted by molar-refractivity contribution is 5.88. The molecule has 0 saturated carbocycles. The molecular weight excluding hydrogens is 194 g/mol. The van der Waals surface area contributed by atoms with Gasteiger partial charge in [-0.25, -0.2) is 0 Å². The van der Waals surface area contributed by atoms with Crippen molar-refractivity contribution in [2.45, 2.75) is 13.8 Å².